The number of amides is 1. The number of carbonyl (C=O) groups excluding carboxylic acids is 1. The van der Waals surface area contributed by atoms with Crippen LogP contribution in [0.2, 0.25) is 0 Å². The van der Waals surface area contributed by atoms with Crippen molar-refractivity contribution < 1.29 is 9.53 Å². The monoisotopic (exact) mass is 172 g/mol. The zero-order valence-corrected chi connectivity index (χ0v) is 7.38. The van der Waals surface area contributed by atoms with Gasteiger partial charge in [0.25, 0.3) is 0 Å². The number of primary amides is 1. The summed E-state index contributed by atoms with van der Waals surface area (Å²) >= 11 is 0. The Bertz CT molecular complexity index is 155. The largest absolute Gasteiger partial charge is 0.381 e. The Kier molecular flexibility index (Phi) is 3.49. The van der Waals surface area contributed by atoms with E-state index in [1.54, 1.807) is 7.05 Å². The van der Waals surface area contributed by atoms with Gasteiger partial charge in [0.1, 0.15) is 0 Å². The predicted molar refractivity (Wildman–Crippen MR) is 45.6 cm³/mol. The molecule has 1 fully saturated rings. The summed E-state index contributed by atoms with van der Waals surface area (Å²) in [6.45, 7) is 1.49. The molecule has 1 unspecified atom stereocenters. The molecule has 0 aliphatic carbocycles. The third-order valence-electron chi connectivity index (χ3n) is 2.35. The van der Waals surface area contributed by atoms with Gasteiger partial charge in [0.2, 0.25) is 5.91 Å². The van der Waals surface area contributed by atoms with Gasteiger partial charge in [-0.15, -0.1) is 0 Å². The minimum Gasteiger partial charge on any atom is -0.381 e. The summed E-state index contributed by atoms with van der Waals surface area (Å²) in [6, 6.07) is -0.186. The highest BCUT2D eigenvalue weighted by atomic mass is 16.5. The van der Waals surface area contributed by atoms with Crippen LogP contribution in [0.1, 0.15) is 12.8 Å². The molecular weight excluding hydrogens is 156 g/mol. The van der Waals surface area contributed by atoms with Crippen LogP contribution in [0, 0.1) is 5.92 Å². The zero-order chi connectivity index (χ0) is 8.97. The van der Waals surface area contributed by atoms with Crippen molar-refractivity contribution in [2.45, 2.75) is 18.9 Å². The maximum Gasteiger partial charge on any atom is 0.234 e. The topological polar surface area (TPSA) is 64.3 Å². The van der Waals surface area contributed by atoms with Gasteiger partial charge in [-0.2, -0.15) is 0 Å². The first-order valence-electron chi connectivity index (χ1n) is 4.30. The SMILES string of the molecule is CNC(C(N)=O)C1CCOCC1. The minimum atomic E-state index is -0.260. The van der Waals surface area contributed by atoms with Crippen molar-refractivity contribution in [3.8, 4) is 0 Å². The van der Waals surface area contributed by atoms with Crippen LogP contribution in [0.4, 0.5) is 0 Å². The third kappa shape index (κ3) is 2.19. The van der Waals surface area contributed by atoms with E-state index >= 15 is 0 Å². The number of nitrogens with one attached hydrogen (secondary N) is 1. The van der Waals surface area contributed by atoms with Gasteiger partial charge >= 0.3 is 0 Å². The van der Waals surface area contributed by atoms with E-state index < -0.39 is 0 Å². The van der Waals surface area contributed by atoms with Crippen LogP contribution < -0.4 is 11.1 Å². The first kappa shape index (κ1) is 9.48. The van der Waals surface area contributed by atoms with Gasteiger partial charge in [0.15, 0.2) is 0 Å². The molecule has 4 heteroatoms. The molecule has 0 spiro atoms. The van der Waals surface area contributed by atoms with Gasteiger partial charge in [-0.05, 0) is 25.8 Å². The number of hydrogen-bond acceptors (Lipinski definition) is 3. The molecule has 0 saturated carbocycles. The molecule has 0 aromatic carbocycles. The van der Waals surface area contributed by atoms with E-state index in [2.05, 4.69) is 5.32 Å². The molecule has 0 radical (unpaired) electrons. The summed E-state index contributed by atoms with van der Waals surface area (Å²) in [7, 11) is 1.77. The summed E-state index contributed by atoms with van der Waals surface area (Å²) in [5.74, 6) is 0.0886. The van der Waals surface area contributed by atoms with Crippen molar-refractivity contribution in [1.29, 1.82) is 0 Å². The summed E-state index contributed by atoms with van der Waals surface area (Å²) < 4.78 is 5.19. The lowest BCUT2D eigenvalue weighted by Crippen LogP contribution is -2.46. The van der Waals surface area contributed by atoms with Crippen LogP contribution in [0.25, 0.3) is 0 Å². The van der Waals surface area contributed by atoms with E-state index in [-0.39, 0.29) is 11.9 Å². The van der Waals surface area contributed by atoms with Crippen molar-refractivity contribution in [2.75, 3.05) is 20.3 Å². The quantitative estimate of drug-likeness (QED) is 0.602. The molecular formula is C8H16N2O2. The molecule has 1 aliphatic rings. The van der Waals surface area contributed by atoms with E-state index in [1.807, 2.05) is 0 Å². The summed E-state index contributed by atoms with van der Waals surface area (Å²) in [5, 5.41) is 2.94. The molecule has 12 heavy (non-hydrogen) atoms. The normalized spacial score (nSPS) is 22.1. The molecule has 3 N–H and O–H groups in total. The molecule has 1 rings (SSSR count). The molecule has 0 aromatic heterocycles. The van der Waals surface area contributed by atoms with Crippen LogP contribution >= 0.6 is 0 Å². The van der Waals surface area contributed by atoms with Crippen molar-refractivity contribution in [2.24, 2.45) is 11.7 Å². The van der Waals surface area contributed by atoms with Crippen molar-refractivity contribution in [3.63, 3.8) is 0 Å². The van der Waals surface area contributed by atoms with E-state index in [1.165, 1.54) is 0 Å². The van der Waals surface area contributed by atoms with Crippen LogP contribution in [0.15, 0.2) is 0 Å². The summed E-state index contributed by atoms with van der Waals surface area (Å²) in [5.41, 5.74) is 5.24. The van der Waals surface area contributed by atoms with E-state index in [9.17, 15) is 4.79 Å². The Hall–Kier alpha value is -0.610. The van der Waals surface area contributed by atoms with E-state index in [0.29, 0.717) is 5.92 Å². The van der Waals surface area contributed by atoms with Crippen molar-refractivity contribution in [1.82, 2.24) is 5.32 Å². The number of nitrogens with two attached hydrogens (primary N) is 1. The Morgan fingerprint density at radius 3 is 2.58 bits per heavy atom. The van der Waals surface area contributed by atoms with Gasteiger partial charge in [-0.3, -0.25) is 4.79 Å². The molecule has 0 bridgehead atoms. The summed E-state index contributed by atoms with van der Waals surface area (Å²) in [4.78, 5) is 10.9. The van der Waals surface area contributed by atoms with E-state index in [0.717, 1.165) is 26.1 Å². The lowest BCUT2D eigenvalue weighted by molar-refractivity contribution is -0.122. The van der Waals surface area contributed by atoms with Gasteiger partial charge in [0.05, 0.1) is 6.04 Å². The fourth-order valence-electron chi connectivity index (χ4n) is 1.66. The smallest absolute Gasteiger partial charge is 0.234 e. The second-order valence-electron chi connectivity index (χ2n) is 3.12. The Balaban J connectivity index is 2.46. The highest BCUT2D eigenvalue weighted by Gasteiger charge is 2.26. The van der Waals surface area contributed by atoms with Crippen molar-refractivity contribution in [3.05, 3.63) is 0 Å². The summed E-state index contributed by atoms with van der Waals surface area (Å²) in [6.07, 6.45) is 1.85. The average Bonchev–Trinajstić information content (AvgIpc) is 2.07. The van der Waals surface area contributed by atoms with E-state index in [4.69, 9.17) is 10.5 Å². The lowest BCUT2D eigenvalue weighted by Gasteiger charge is -2.27. The molecule has 4 nitrogen and oxygen atoms in total. The number of rotatable bonds is 3. The number of ether oxygens (including phenoxy) is 1. The van der Waals surface area contributed by atoms with Crippen LogP contribution in [-0.4, -0.2) is 32.2 Å². The van der Waals surface area contributed by atoms with Gasteiger partial charge in [-0.1, -0.05) is 0 Å². The zero-order valence-electron chi connectivity index (χ0n) is 7.38. The molecule has 70 valence electrons. The fraction of sp³-hybridized carbons (Fsp3) is 0.875. The second-order valence-corrected chi connectivity index (χ2v) is 3.12. The highest BCUT2D eigenvalue weighted by molar-refractivity contribution is 5.80. The average molecular weight is 172 g/mol. The fourth-order valence-corrected chi connectivity index (χ4v) is 1.66. The number of likely N-dealkylation sites (N-methyl/N-ethyl adjacent to an activating group) is 1. The number of carbonyl (C=O) groups is 1. The molecule has 1 aliphatic heterocycles. The lowest BCUT2D eigenvalue weighted by atomic mass is 9.91. The number of hydrogen-bond donors (Lipinski definition) is 2. The van der Waals surface area contributed by atoms with Crippen molar-refractivity contribution >= 4 is 5.91 Å². The first-order valence-corrected chi connectivity index (χ1v) is 4.30. The molecule has 1 saturated heterocycles. The molecule has 1 heterocycles. The molecule has 1 amide bonds. The molecule has 0 aromatic rings. The van der Waals surface area contributed by atoms with Crippen LogP contribution in [-0.2, 0) is 9.53 Å². The molecule has 1 atom stereocenters. The predicted octanol–water partition coefficient (Wildman–Crippen LogP) is -0.514. The first-order chi connectivity index (χ1) is 5.75. The Morgan fingerprint density at radius 2 is 2.17 bits per heavy atom. The van der Waals surface area contributed by atoms with Gasteiger partial charge in [-0.25, -0.2) is 0 Å². The maximum absolute atomic E-state index is 10.9. The maximum atomic E-state index is 10.9. The highest BCUT2D eigenvalue weighted by Crippen LogP contribution is 2.18. The third-order valence-corrected chi connectivity index (χ3v) is 2.35. The second kappa shape index (κ2) is 4.42. The van der Waals surface area contributed by atoms with Gasteiger partial charge < -0.3 is 15.8 Å². The van der Waals surface area contributed by atoms with Crippen LogP contribution in [0.3, 0.4) is 0 Å². The Morgan fingerprint density at radius 1 is 1.58 bits per heavy atom. The minimum absolute atomic E-state index is 0.186. The van der Waals surface area contributed by atoms with Gasteiger partial charge in [0, 0.05) is 13.2 Å². The van der Waals surface area contributed by atoms with Crippen LogP contribution in [0.5, 0.6) is 0 Å². The Labute approximate surface area is 72.5 Å². The standard InChI is InChI=1S/C8H16N2O2/c1-10-7(8(9)11)6-2-4-12-5-3-6/h6-7,10H,2-5H2,1H3,(H2,9,11).